The molecular weight excluding hydrogens is 412 g/mol. The summed E-state index contributed by atoms with van der Waals surface area (Å²) < 4.78 is 13.2. The van der Waals surface area contributed by atoms with Crippen molar-refractivity contribution in [3.8, 4) is 17.6 Å². The number of aromatic nitrogens is 3. The molecule has 0 spiro atoms. The number of hydrogen-bond donors (Lipinski definition) is 2. The van der Waals surface area contributed by atoms with E-state index in [1.807, 2.05) is 18.2 Å². The second kappa shape index (κ2) is 8.65. The van der Waals surface area contributed by atoms with Gasteiger partial charge in [-0.3, -0.25) is 0 Å². The maximum absolute atomic E-state index is 9.29. The minimum Gasteiger partial charge on any atom is -0.454 e. The number of nitrogens with zero attached hydrogens (tertiary/aromatic N) is 4. The number of ether oxygens (including phenoxy) is 2. The fourth-order valence-electron chi connectivity index (χ4n) is 3.38. The summed E-state index contributed by atoms with van der Waals surface area (Å²) in [6.45, 7) is 9.25. The van der Waals surface area contributed by atoms with E-state index >= 15 is 0 Å². The minimum atomic E-state index is 0.190. The van der Waals surface area contributed by atoms with E-state index in [9.17, 15) is 5.26 Å². The molecule has 4 rings (SSSR count). The van der Waals surface area contributed by atoms with E-state index in [2.05, 4.69) is 41.7 Å². The van der Waals surface area contributed by atoms with Gasteiger partial charge < -0.3 is 25.1 Å². The van der Waals surface area contributed by atoms with Crippen molar-refractivity contribution in [2.24, 2.45) is 5.41 Å². The van der Waals surface area contributed by atoms with E-state index in [-0.39, 0.29) is 18.6 Å². The van der Waals surface area contributed by atoms with Gasteiger partial charge in [0, 0.05) is 30.7 Å². The summed E-state index contributed by atoms with van der Waals surface area (Å²) in [4.78, 5) is 9.89. The van der Waals surface area contributed by atoms with Gasteiger partial charge in [0.15, 0.2) is 22.5 Å². The Morgan fingerprint density at radius 2 is 2.06 bits per heavy atom. The smallest absolute Gasteiger partial charge is 0.231 e. The normalized spacial score (nSPS) is 13.0. The number of nitrogens with two attached hydrogens (primary N) is 1. The van der Waals surface area contributed by atoms with Gasteiger partial charge in [-0.2, -0.15) is 5.26 Å². The van der Waals surface area contributed by atoms with Crippen molar-refractivity contribution in [1.82, 2.24) is 19.9 Å². The summed E-state index contributed by atoms with van der Waals surface area (Å²) in [6, 6.07) is 7.96. The Kier molecular flexibility index (Phi) is 5.94. The zero-order valence-electron chi connectivity index (χ0n) is 17.9. The number of hydrogen-bond acceptors (Lipinski definition) is 8. The van der Waals surface area contributed by atoms with Crippen molar-refractivity contribution in [2.75, 3.05) is 25.6 Å². The number of nitrogen functional groups attached to an aromatic ring is 1. The Bertz CT molecular complexity index is 1150. The number of nitrogens with one attached hydrogen (secondary N) is 1. The van der Waals surface area contributed by atoms with Crippen molar-refractivity contribution >= 4 is 28.6 Å². The first-order chi connectivity index (χ1) is 14.9. The van der Waals surface area contributed by atoms with E-state index in [4.69, 9.17) is 20.2 Å². The van der Waals surface area contributed by atoms with Crippen LogP contribution in [-0.4, -0.2) is 34.4 Å². The van der Waals surface area contributed by atoms with Gasteiger partial charge in [-0.05, 0) is 29.2 Å². The van der Waals surface area contributed by atoms with Crippen molar-refractivity contribution < 1.29 is 9.47 Å². The first-order valence-electron chi connectivity index (χ1n) is 10.1. The molecule has 1 aromatic carbocycles. The summed E-state index contributed by atoms with van der Waals surface area (Å²) >= 11 is 1.50. The van der Waals surface area contributed by atoms with Crippen molar-refractivity contribution in [3.05, 3.63) is 30.0 Å². The van der Waals surface area contributed by atoms with Crippen LogP contribution in [0.4, 0.5) is 5.82 Å². The third-order valence-corrected chi connectivity index (χ3v) is 5.95. The van der Waals surface area contributed by atoms with E-state index < -0.39 is 0 Å². The molecule has 1 aliphatic rings. The average molecular weight is 439 g/mol. The summed E-state index contributed by atoms with van der Waals surface area (Å²) in [5.74, 6) is 1.76. The molecule has 0 fully saturated rings. The molecule has 0 amide bonds. The average Bonchev–Trinajstić information content (AvgIpc) is 3.30. The quantitative estimate of drug-likeness (QED) is 0.538. The fraction of sp³-hybridized carbons (Fsp3) is 0.409. The Labute approximate surface area is 185 Å². The van der Waals surface area contributed by atoms with Crippen molar-refractivity contribution in [3.63, 3.8) is 0 Å². The number of anilines is 1. The van der Waals surface area contributed by atoms with E-state index in [0.29, 0.717) is 22.8 Å². The standard InChI is InChI=1S/C22H26N6O2S/c1-22(2,3)12-25-8-9-28-15-5-7-26-20(24)19(15)27-21(28)31-18-11-17-16(29-13-30-17)10-14(18)4-6-23/h5,7,10-11,25H,4,8-9,12-13H2,1-3H3,(H2,24,26). The Morgan fingerprint density at radius 3 is 2.81 bits per heavy atom. The lowest BCUT2D eigenvalue weighted by molar-refractivity contribution is 0.174. The fourth-order valence-corrected chi connectivity index (χ4v) is 4.44. The third-order valence-electron chi connectivity index (χ3n) is 4.85. The van der Waals surface area contributed by atoms with Crippen molar-refractivity contribution in [1.29, 1.82) is 5.26 Å². The monoisotopic (exact) mass is 438 g/mol. The molecule has 1 aliphatic heterocycles. The highest BCUT2D eigenvalue weighted by atomic mass is 32.2. The van der Waals surface area contributed by atoms with Gasteiger partial charge in [0.25, 0.3) is 0 Å². The summed E-state index contributed by atoms with van der Waals surface area (Å²) in [5, 5.41) is 13.6. The lowest BCUT2D eigenvalue weighted by Gasteiger charge is -2.19. The lowest BCUT2D eigenvalue weighted by Crippen LogP contribution is -2.29. The molecule has 0 radical (unpaired) electrons. The Balaban J connectivity index is 1.67. The molecule has 3 heterocycles. The Morgan fingerprint density at radius 1 is 1.29 bits per heavy atom. The summed E-state index contributed by atoms with van der Waals surface area (Å²) in [7, 11) is 0. The van der Waals surface area contributed by atoms with Crippen LogP contribution >= 0.6 is 11.8 Å². The first kappa shape index (κ1) is 21.3. The van der Waals surface area contributed by atoms with Crippen LogP contribution in [0.5, 0.6) is 11.5 Å². The van der Waals surface area contributed by atoms with Gasteiger partial charge in [-0.25, -0.2) is 9.97 Å². The second-order valence-corrected chi connectivity index (χ2v) is 9.61. The van der Waals surface area contributed by atoms with E-state index in [0.717, 1.165) is 40.8 Å². The van der Waals surface area contributed by atoms with Gasteiger partial charge in [0.1, 0.15) is 5.52 Å². The minimum absolute atomic E-state index is 0.190. The zero-order chi connectivity index (χ0) is 22.0. The van der Waals surface area contributed by atoms with Crippen LogP contribution in [0.2, 0.25) is 0 Å². The molecule has 0 saturated heterocycles. The van der Waals surface area contributed by atoms with Crippen LogP contribution in [0, 0.1) is 16.7 Å². The third kappa shape index (κ3) is 4.70. The zero-order valence-corrected chi connectivity index (χ0v) is 18.8. The maximum atomic E-state index is 9.29. The van der Waals surface area contributed by atoms with Crippen LogP contribution in [0.15, 0.2) is 34.4 Å². The van der Waals surface area contributed by atoms with Crippen LogP contribution < -0.4 is 20.5 Å². The molecule has 3 N–H and O–H groups in total. The van der Waals surface area contributed by atoms with E-state index in [1.165, 1.54) is 11.8 Å². The number of rotatable bonds is 7. The van der Waals surface area contributed by atoms with Crippen LogP contribution in [0.1, 0.15) is 26.3 Å². The van der Waals surface area contributed by atoms with Gasteiger partial charge in [0.2, 0.25) is 6.79 Å². The van der Waals surface area contributed by atoms with Crippen LogP contribution in [0.3, 0.4) is 0 Å². The SMILES string of the molecule is CC(C)(C)CNCCn1c(Sc2cc3c(cc2CC#N)OCO3)nc2c(N)nccc21. The van der Waals surface area contributed by atoms with Gasteiger partial charge in [-0.15, -0.1) is 0 Å². The lowest BCUT2D eigenvalue weighted by atomic mass is 9.97. The molecule has 31 heavy (non-hydrogen) atoms. The van der Waals surface area contributed by atoms with Gasteiger partial charge in [0.05, 0.1) is 18.0 Å². The first-order valence-corrected chi connectivity index (χ1v) is 11.0. The molecule has 2 aromatic heterocycles. The number of imidazole rings is 1. The maximum Gasteiger partial charge on any atom is 0.231 e. The topological polar surface area (TPSA) is 111 Å². The molecule has 3 aromatic rings. The van der Waals surface area contributed by atoms with Crippen LogP contribution in [-0.2, 0) is 13.0 Å². The van der Waals surface area contributed by atoms with E-state index in [1.54, 1.807) is 6.20 Å². The predicted molar refractivity (Wildman–Crippen MR) is 120 cm³/mol. The number of pyridine rings is 1. The number of fused-ring (bicyclic) bond motifs is 2. The second-order valence-electron chi connectivity index (χ2n) is 8.60. The molecular formula is C22H26N6O2S. The highest BCUT2D eigenvalue weighted by Crippen LogP contribution is 2.41. The number of benzene rings is 1. The molecule has 9 heteroatoms. The van der Waals surface area contributed by atoms with Gasteiger partial charge >= 0.3 is 0 Å². The molecule has 0 unspecified atom stereocenters. The molecule has 0 saturated carbocycles. The number of nitriles is 1. The summed E-state index contributed by atoms with van der Waals surface area (Å²) in [6.07, 6.45) is 1.98. The van der Waals surface area contributed by atoms with Crippen molar-refractivity contribution in [2.45, 2.75) is 43.8 Å². The predicted octanol–water partition coefficient (Wildman–Crippen LogP) is 3.60. The molecule has 0 atom stereocenters. The van der Waals surface area contributed by atoms with Gasteiger partial charge in [-0.1, -0.05) is 32.5 Å². The highest BCUT2D eigenvalue weighted by molar-refractivity contribution is 7.99. The summed E-state index contributed by atoms with van der Waals surface area (Å²) in [5.41, 5.74) is 8.82. The molecule has 0 aliphatic carbocycles. The molecule has 162 valence electrons. The largest absolute Gasteiger partial charge is 0.454 e. The molecule has 8 nitrogen and oxygen atoms in total. The highest BCUT2D eigenvalue weighted by Gasteiger charge is 2.21. The van der Waals surface area contributed by atoms with Crippen LogP contribution in [0.25, 0.3) is 11.0 Å². The molecule has 0 bridgehead atoms. The Hall–Kier alpha value is -2.96.